The van der Waals surface area contributed by atoms with Gasteiger partial charge in [-0.2, -0.15) is 70.6 Å². The number of thioether (sulfide) groups is 6. The molecule has 0 aromatic carbocycles. The van der Waals surface area contributed by atoms with Crippen LogP contribution in [-0.2, 0) is 0 Å². The van der Waals surface area contributed by atoms with Gasteiger partial charge in [-0.25, -0.2) is 0 Å². The standard InChI is InChI=1S/C12H20S6/c1-9(2-13-1)15-5-11-7-18-12(8-17-11)6-16-10-3-14-4-10/h9-12H,1-8H2. The van der Waals surface area contributed by atoms with Crippen LogP contribution < -0.4 is 0 Å². The fourth-order valence-electron chi connectivity index (χ4n) is 1.88. The monoisotopic (exact) mass is 356 g/mol. The Bertz CT molecular complexity index is 219. The zero-order valence-electron chi connectivity index (χ0n) is 10.4. The quantitative estimate of drug-likeness (QED) is 0.703. The van der Waals surface area contributed by atoms with Crippen molar-refractivity contribution in [3.8, 4) is 0 Å². The second-order valence-electron chi connectivity index (χ2n) is 4.90. The maximum absolute atomic E-state index is 2.26. The van der Waals surface area contributed by atoms with E-state index in [0.29, 0.717) is 0 Å². The first-order chi connectivity index (χ1) is 8.90. The molecule has 18 heavy (non-hydrogen) atoms. The normalized spacial score (nSPS) is 34.0. The molecular weight excluding hydrogens is 337 g/mol. The summed E-state index contributed by atoms with van der Waals surface area (Å²) in [6.07, 6.45) is 0. The van der Waals surface area contributed by atoms with E-state index in [9.17, 15) is 0 Å². The Morgan fingerprint density at radius 3 is 1.39 bits per heavy atom. The van der Waals surface area contributed by atoms with Crippen molar-refractivity contribution < 1.29 is 0 Å². The van der Waals surface area contributed by atoms with Crippen molar-refractivity contribution in [3.63, 3.8) is 0 Å². The molecule has 3 heterocycles. The maximum atomic E-state index is 2.26. The van der Waals surface area contributed by atoms with Crippen molar-refractivity contribution in [1.82, 2.24) is 0 Å². The molecule has 3 aliphatic heterocycles. The third kappa shape index (κ3) is 4.55. The Morgan fingerprint density at radius 2 is 1.11 bits per heavy atom. The van der Waals surface area contributed by atoms with Crippen molar-refractivity contribution in [1.29, 1.82) is 0 Å². The lowest BCUT2D eigenvalue weighted by Crippen LogP contribution is -2.29. The zero-order chi connectivity index (χ0) is 12.2. The van der Waals surface area contributed by atoms with Crippen LogP contribution in [0.3, 0.4) is 0 Å². The summed E-state index contributed by atoms with van der Waals surface area (Å²) < 4.78 is 0. The third-order valence-electron chi connectivity index (χ3n) is 3.29. The van der Waals surface area contributed by atoms with Gasteiger partial charge in [0.1, 0.15) is 0 Å². The highest BCUT2D eigenvalue weighted by molar-refractivity contribution is 8.11. The summed E-state index contributed by atoms with van der Waals surface area (Å²) in [6, 6.07) is 0. The molecule has 0 amide bonds. The maximum Gasteiger partial charge on any atom is 0.0229 e. The highest BCUT2D eigenvalue weighted by Crippen LogP contribution is 2.38. The molecule has 3 aliphatic rings. The van der Waals surface area contributed by atoms with Crippen LogP contribution >= 0.6 is 70.6 Å². The van der Waals surface area contributed by atoms with Crippen molar-refractivity contribution in [2.24, 2.45) is 0 Å². The second-order valence-corrected chi connectivity index (χ2v) is 12.4. The second kappa shape index (κ2) is 7.92. The van der Waals surface area contributed by atoms with Crippen molar-refractivity contribution in [3.05, 3.63) is 0 Å². The van der Waals surface area contributed by atoms with Crippen LogP contribution in [0, 0.1) is 0 Å². The van der Waals surface area contributed by atoms with Gasteiger partial charge in [0.15, 0.2) is 0 Å². The Kier molecular flexibility index (Phi) is 6.61. The van der Waals surface area contributed by atoms with E-state index in [4.69, 9.17) is 0 Å². The predicted octanol–water partition coefficient (Wildman–Crippen LogP) is 3.90. The minimum Gasteiger partial charge on any atom is -0.160 e. The molecule has 0 aromatic heterocycles. The summed E-state index contributed by atoms with van der Waals surface area (Å²) in [7, 11) is 0. The molecule has 0 N–H and O–H groups in total. The van der Waals surface area contributed by atoms with E-state index in [1.165, 1.54) is 46.0 Å². The van der Waals surface area contributed by atoms with Gasteiger partial charge in [-0.3, -0.25) is 0 Å². The van der Waals surface area contributed by atoms with E-state index in [0.717, 1.165) is 21.0 Å². The van der Waals surface area contributed by atoms with Crippen molar-refractivity contribution in [2.45, 2.75) is 21.0 Å². The van der Waals surface area contributed by atoms with Crippen LogP contribution in [0.5, 0.6) is 0 Å². The van der Waals surface area contributed by atoms with E-state index in [-0.39, 0.29) is 0 Å². The zero-order valence-corrected chi connectivity index (χ0v) is 15.3. The third-order valence-corrected chi connectivity index (χ3v) is 13.1. The number of hydrogen-bond donors (Lipinski definition) is 0. The molecule has 0 bridgehead atoms. The Hall–Kier alpha value is 2.10. The summed E-state index contributed by atoms with van der Waals surface area (Å²) in [5.41, 5.74) is 0. The lowest BCUT2D eigenvalue weighted by atomic mass is 10.5. The molecule has 104 valence electrons. The van der Waals surface area contributed by atoms with Gasteiger partial charge in [0.2, 0.25) is 0 Å². The summed E-state index contributed by atoms with van der Waals surface area (Å²) >= 11 is 13.2. The highest BCUT2D eigenvalue weighted by atomic mass is 32.2. The molecule has 3 saturated heterocycles. The molecule has 0 aromatic rings. The summed E-state index contributed by atoms with van der Waals surface area (Å²) in [5, 5.41) is 3.85. The van der Waals surface area contributed by atoms with Gasteiger partial charge in [-0.1, -0.05) is 0 Å². The molecule has 6 heteroatoms. The fourth-order valence-corrected chi connectivity index (χ4v) is 10.6. The Labute approximate surface area is 136 Å². The molecule has 0 radical (unpaired) electrons. The van der Waals surface area contributed by atoms with E-state index in [2.05, 4.69) is 70.6 Å². The number of rotatable bonds is 6. The topological polar surface area (TPSA) is 0 Å². The van der Waals surface area contributed by atoms with Gasteiger partial charge in [0.05, 0.1) is 0 Å². The van der Waals surface area contributed by atoms with E-state index >= 15 is 0 Å². The lowest BCUT2D eigenvalue weighted by molar-refractivity contribution is 1.03. The van der Waals surface area contributed by atoms with Gasteiger partial charge >= 0.3 is 0 Å². The van der Waals surface area contributed by atoms with Gasteiger partial charge < -0.3 is 0 Å². The van der Waals surface area contributed by atoms with Gasteiger partial charge in [-0.15, -0.1) is 0 Å². The summed E-state index contributed by atoms with van der Waals surface area (Å²) in [4.78, 5) is 0. The van der Waals surface area contributed by atoms with Crippen LogP contribution in [0.1, 0.15) is 0 Å². The van der Waals surface area contributed by atoms with E-state index in [1.807, 2.05) is 0 Å². The van der Waals surface area contributed by atoms with E-state index < -0.39 is 0 Å². The molecule has 2 atom stereocenters. The fraction of sp³-hybridized carbons (Fsp3) is 1.00. The van der Waals surface area contributed by atoms with Crippen LogP contribution in [0.2, 0.25) is 0 Å². The predicted molar refractivity (Wildman–Crippen MR) is 99.6 cm³/mol. The Morgan fingerprint density at radius 1 is 0.667 bits per heavy atom. The van der Waals surface area contributed by atoms with E-state index in [1.54, 1.807) is 0 Å². The number of hydrogen-bond acceptors (Lipinski definition) is 6. The SMILES string of the molecule is C1SCC1SCC1CSC(CSC2CSC2)CS1. The largest absolute Gasteiger partial charge is 0.160 e. The van der Waals surface area contributed by atoms with Gasteiger partial charge in [-0.05, 0) is 0 Å². The van der Waals surface area contributed by atoms with Crippen LogP contribution in [0.15, 0.2) is 0 Å². The molecule has 0 aliphatic carbocycles. The molecular formula is C12H20S6. The van der Waals surface area contributed by atoms with Crippen molar-refractivity contribution in [2.75, 3.05) is 46.0 Å². The Balaban J connectivity index is 1.25. The molecule has 2 unspecified atom stereocenters. The molecule has 3 fully saturated rings. The summed E-state index contributed by atoms with van der Waals surface area (Å²) in [5.74, 6) is 11.3. The first kappa shape index (κ1) is 15.0. The molecule has 0 saturated carbocycles. The highest BCUT2D eigenvalue weighted by Gasteiger charge is 2.26. The molecule has 3 rings (SSSR count). The smallest absolute Gasteiger partial charge is 0.0229 e. The average molecular weight is 357 g/mol. The minimum absolute atomic E-state index is 0.936. The van der Waals surface area contributed by atoms with Gasteiger partial charge in [0, 0.05) is 67.0 Å². The van der Waals surface area contributed by atoms with Crippen LogP contribution in [-0.4, -0.2) is 67.0 Å². The van der Waals surface area contributed by atoms with Crippen molar-refractivity contribution >= 4 is 70.6 Å². The lowest BCUT2D eigenvalue weighted by Gasteiger charge is -2.32. The molecule has 0 spiro atoms. The van der Waals surface area contributed by atoms with Crippen LogP contribution in [0.25, 0.3) is 0 Å². The summed E-state index contributed by atoms with van der Waals surface area (Å²) in [6.45, 7) is 0. The first-order valence-corrected chi connectivity index (χ1v) is 13.0. The van der Waals surface area contributed by atoms with Crippen LogP contribution in [0.4, 0.5) is 0 Å². The minimum atomic E-state index is 0.936. The first-order valence-electron chi connectivity index (χ1n) is 6.52. The molecule has 0 nitrogen and oxygen atoms in total. The average Bonchev–Trinajstić information content (AvgIpc) is 2.27. The van der Waals surface area contributed by atoms with Gasteiger partial charge in [0.25, 0.3) is 0 Å².